The van der Waals surface area contributed by atoms with Crippen molar-refractivity contribution in [3.63, 3.8) is 0 Å². The zero-order chi connectivity index (χ0) is 12.3. The first-order chi connectivity index (χ1) is 8.18. The second-order valence-electron chi connectivity index (χ2n) is 3.63. The fourth-order valence-electron chi connectivity index (χ4n) is 1.51. The van der Waals surface area contributed by atoms with E-state index in [9.17, 15) is 4.79 Å². The van der Waals surface area contributed by atoms with Crippen molar-refractivity contribution >= 4 is 23.2 Å². The van der Waals surface area contributed by atoms with E-state index >= 15 is 0 Å². The third kappa shape index (κ3) is 2.66. The highest BCUT2D eigenvalue weighted by Gasteiger charge is 2.12. The molecule has 0 atom stereocenters. The number of hydrogen-bond acceptors (Lipinski definition) is 1. The third-order valence-corrected chi connectivity index (χ3v) is 2.74. The van der Waals surface area contributed by atoms with Gasteiger partial charge in [0.1, 0.15) is 0 Å². The molecule has 0 aliphatic heterocycles. The predicted octanol–water partition coefficient (Wildman–Crippen LogP) is 3.42. The molecule has 1 amide bonds. The van der Waals surface area contributed by atoms with Crippen molar-refractivity contribution in [2.75, 3.05) is 11.9 Å². The monoisotopic (exact) mass is 244 g/mol. The van der Waals surface area contributed by atoms with Crippen LogP contribution in [0.3, 0.4) is 0 Å². The Labute approximate surface area is 105 Å². The molecule has 2 nitrogen and oxygen atoms in total. The molecule has 17 heavy (non-hydrogen) atoms. The van der Waals surface area contributed by atoms with E-state index in [1.807, 2.05) is 12.1 Å². The van der Waals surface area contributed by atoms with E-state index < -0.39 is 0 Å². The van der Waals surface area contributed by atoms with Gasteiger partial charge in [0.05, 0.1) is 0 Å². The maximum atomic E-state index is 12.1. The standard InChI is InChI=1S/C14H11ClNO/c1-16(13-9-7-12(15)8-10-13)14(17)11-5-3-2-4-6-11/h3-10H,1H3. The van der Waals surface area contributed by atoms with Gasteiger partial charge in [0, 0.05) is 23.3 Å². The minimum atomic E-state index is -0.0543. The molecule has 85 valence electrons. The number of benzene rings is 2. The summed E-state index contributed by atoms with van der Waals surface area (Å²) in [6, 6.07) is 17.0. The largest absolute Gasteiger partial charge is 0.311 e. The first-order valence-electron chi connectivity index (χ1n) is 5.18. The molecule has 2 aromatic carbocycles. The molecular weight excluding hydrogens is 234 g/mol. The topological polar surface area (TPSA) is 20.3 Å². The van der Waals surface area contributed by atoms with Gasteiger partial charge in [-0.25, -0.2) is 0 Å². The van der Waals surface area contributed by atoms with Gasteiger partial charge in [-0.1, -0.05) is 23.7 Å². The summed E-state index contributed by atoms with van der Waals surface area (Å²) in [6.45, 7) is 0. The average Bonchev–Trinajstić information content (AvgIpc) is 2.39. The van der Waals surface area contributed by atoms with Crippen molar-refractivity contribution in [3.05, 3.63) is 65.2 Å². The fraction of sp³-hybridized carbons (Fsp3) is 0.0714. The maximum Gasteiger partial charge on any atom is 0.258 e. The van der Waals surface area contributed by atoms with Crippen LogP contribution in [0.5, 0.6) is 0 Å². The molecule has 0 bridgehead atoms. The molecule has 1 radical (unpaired) electrons. The number of hydrogen-bond donors (Lipinski definition) is 0. The minimum absolute atomic E-state index is 0.0543. The lowest BCUT2D eigenvalue weighted by Crippen LogP contribution is -2.25. The highest BCUT2D eigenvalue weighted by atomic mass is 35.5. The number of amides is 1. The van der Waals surface area contributed by atoms with Crippen LogP contribution in [0, 0.1) is 6.07 Å². The minimum Gasteiger partial charge on any atom is -0.311 e. The second-order valence-corrected chi connectivity index (χ2v) is 4.07. The fourth-order valence-corrected chi connectivity index (χ4v) is 1.63. The molecule has 0 unspecified atom stereocenters. The van der Waals surface area contributed by atoms with Crippen LogP contribution in [0.15, 0.2) is 48.5 Å². The molecular formula is C14H11ClNO. The molecule has 0 heterocycles. The molecule has 0 saturated carbocycles. The number of rotatable bonds is 2. The lowest BCUT2D eigenvalue weighted by atomic mass is 10.2. The smallest absolute Gasteiger partial charge is 0.258 e. The third-order valence-electron chi connectivity index (χ3n) is 2.48. The van der Waals surface area contributed by atoms with E-state index in [-0.39, 0.29) is 5.91 Å². The Morgan fingerprint density at radius 1 is 1.12 bits per heavy atom. The van der Waals surface area contributed by atoms with Gasteiger partial charge in [0.25, 0.3) is 5.91 Å². The highest BCUT2D eigenvalue weighted by molar-refractivity contribution is 6.30. The second kappa shape index (κ2) is 5.02. The van der Waals surface area contributed by atoms with Crippen molar-refractivity contribution in [3.8, 4) is 0 Å². The molecule has 2 rings (SSSR count). The first kappa shape index (κ1) is 11.7. The van der Waals surface area contributed by atoms with Gasteiger partial charge in [-0.15, -0.1) is 0 Å². The van der Waals surface area contributed by atoms with E-state index in [1.165, 1.54) is 0 Å². The van der Waals surface area contributed by atoms with Gasteiger partial charge < -0.3 is 4.90 Å². The van der Waals surface area contributed by atoms with Crippen LogP contribution in [0.2, 0.25) is 5.02 Å². The highest BCUT2D eigenvalue weighted by Crippen LogP contribution is 2.18. The van der Waals surface area contributed by atoms with Gasteiger partial charge in [-0.2, -0.15) is 0 Å². The average molecular weight is 245 g/mol. The molecule has 0 aliphatic carbocycles. The molecule has 2 aromatic rings. The van der Waals surface area contributed by atoms with E-state index in [0.717, 1.165) is 5.69 Å². The Hall–Kier alpha value is -1.80. The molecule has 0 aromatic heterocycles. The van der Waals surface area contributed by atoms with Gasteiger partial charge >= 0.3 is 0 Å². The number of carbonyl (C=O) groups is 1. The van der Waals surface area contributed by atoms with Crippen molar-refractivity contribution in [1.82, 2.24) is 0 Å². The Kier molecular flexibility index (Phi) is 3.45. The van der Waals surface area contributed by atoms with Gasteiger partial charge in [-0.05, 0) is 42.5 Å². The van der Waals surface area contributed by atoms with E-state index in [1.54, 1.807) is 48.3 Å². The number of carbonyl (C=O) groups excluding carboxylic acids is 1. The Morgan fingerprint density at radius 3 is 2.29 bits per heavy atom. The molecule has 0 spiro atoms. The zero-order valence-corrected chi connectivity index (χ0v) is 10.1. The van der Waals surface area contributed by atoms with Crippen LogP contribution in [0.4, 0.5) is 5.69 Å². The number of halogens is 1. The summed E-state index contributed by atoms with van der Waals surface area (Å²) < 4.78 is 0. The van der Waals surface area contributed by atoms with E-state index in [4.69, 9.17) is 11.6 Å². The van der Waals surface area contributed by atoms with Gasteiger partial charge in [0.2, 0.25) is 0 Å². The van der Waals surface area contributed by atoms with Crippen LogP contribution in [0.1, 0.15) is 10.4 Å². The molecule has 3 heteroatoms. The van der Waals surface area contributed by atoms with Gasteiger partial charge in [0.15, 0.2) is 0 Å². The van der Waals surface area contributed by atoms with Gasteiger partial charge in [-0.3, -0.25) is 4.79 Å². The van der Waals surface area contributed by atoms with Crippen LogP contribution in [-0.4, -0.2) is 13.0 Å². The Balaban J connectivity index is 2.23. The number of nitrogens with zero attached hydrogens (tertiary/aromatic N) is 1. The van der Waals surface area contributed by atoms with Crippen LogP contribution in [0.25, 0.3) is 0 Å². The lowest BCUT2D eigenvalue weighted by Gasteiger charge is -2.17. The summed E-state index contributed by atoms with van der Waals surface area (Å²) in [4.78, 5) is 13.7. The van der Waals surface area contributed by atoms with Crippen LogP contribution < -0.4 is 4.90 Å². The number of anilines is 1. The predicted molar refractivity (Wildman–Crippen MR) is 69.5 cm³/mol. The molecule has 0 N–H and O–H groups in total. The Bertz CT molecular complexity index is 508. The van der Waals surface area contributed by atoms with E-state index in [0.29, 0.717) is 10.6 Å². The summed E-state index contributed by atoms with van der Waals surface area (Å²) in [7, 11) is 1.74. The van der Waals surface area contributed by atoms with E-state index in [2.05, 4.69) is 6.07 Å². The summed E-state index contributed by atoms with van der Waals surface area (Å²) in [5.74, 6) is -0.0543. The molecule has 0 aliphatic rings. The summed E-state index contributed by atoms with van der Waals surface area (Å²) >= 11 is 5.81. The van der Waals surface area contributed by atoms with Crippen molar-refractivity contribution < 1.29 is 4.79 Å². The molecule has 0 saturated heterocycles. The first-order valence-corrected chi connectivity index (χ1v) is 5.56. The summed E-state index contributed by atoms with van der Waals surface area (Å²) in [5.41, 5.74) is 1.45. The Morgan fingerprint density at radius 2 is 1.71 bits per heavy atom. The van der Waals surface area contributed by atoms with Crippen molar-refractivity contribution in [2.24, 2.45) is 0 Å². The quantitative estimate of drug-likeness (QED) is 0.793. The van der Waals surface area contributed by atoms with Crippen molar-refractivity contribution in [1.29, 1.82) is 0 Å². The normalized spacial score (nSPS) is 10.0. The maximum absolute atomic E-state index is 12.1. The van der Waals surface area contributed by atoms with Crippen LogP contribution in [-0.2, 0) is 0 Å². The summed E-state index contributed by atoms with van der Waals surface area (Å²) in [5, 5.41) is 0.656. The summed E-state index contributed by atoms with van der Waals surface area (Å²) in [6.07, 6.45) is 0. The SMILES string of the molecule is CN(C(=O)c1cc[c]cc1)c1ccc(Cl)cc1. The lowest BCUT2D eigenvalue weighted by molar-refractivity contribution is 0.0993. The van der Waals surface area contributed by atoms with Crippen molar-refractivity contribution in [2.45, 2.75) is 0 Å². The zero-order valence-electron chi connectivity index (χ0n) is 9.35. The van der Waals surface area contributed by atoms with Crippen LogP contribution >= 0.6 is 11.6 Å². The molecule has 0 fully saturated rings.